The molecule has 1 amide bonds. The minimum atomic E-state index is -0.422. The Labute approximate surface area is 130 Å². The number of hydrogen-bond acceptors (Lipinski definition) is 5. The van der Waals surface area contributed by atoms with Crippen molar-refractivity contribution in [2.24, 2.45) is 0 Å². The van der Waals surface area contributed by atoms with Crippen LogP contribution in [-0.2, 0) is 11.3 Å². The maximum atomic E-state index is 12.0. The van der Waals surface area contributed by atoms with Crippen LogP contribution in [0.25, 0.3) is 0 Å². The minimum Gasteiger partial charge on any atom is -0.444 e. The summed E-state index contributed by atoms with van der Waals surface area (Å²) in [5.74, 6) is 0. The number of hydrogen-bond donors (Lipinski definition) is 1. The van der Waals surface area contributed by atoms with Gasteiger partial charge >= 0.3 is 6.09 Å². The Morgan fingerprint density at radius 2 is 2.14 bits per heavy atom. The number of carbonyl (C=O) groups is 1. The highest BCUT2D eigenvalue weighted by Crippen LogP contribution is 2.16. The van der Waals surface area contributed by atoms with Crippen molar-refractivity contribution >= 4 is 17.4 Å². The quantitative estimate of drug-likeness (QED) is 0.932. The molecule has 5 nitrogen and oxygen atoms in total. The molecule has 0 spiro atoms. The first-order valence-electron chi connectivity index (χ1n) is 7.46. The van der Waals surface area contributed by atoms with Gasteiger partial charge in [-0.25, -0.2) is 9.78 Å². The van der Waals surface area contributed by atoms with Gasteiger partial charge in [-0.2, -0.15) is 0 Å². The van der Waals surface area contributed by atoms with E-state index in [4.69, 9.17) is 4.74 Å². The first-order valence-corrected chi connectivity index (χ1v) is 8.28. The molecule has 118 valence electrons. The van der Waals surface area contributed by atoms with Crippen LogP contribution in [0, 0.1) is 6.92 Å². The molecule has 0 aromatic carbocycles. The van der Waals surface area contributed by atoms with Crippen LogP contribution in [0.15, 0.2) is 6.20 Å². The van der Waals surface area contributed by atoms with Crippen molar-refractivity contribution in [3.05, 3.63) is 16.1 Å². The van der Waals surface area contributed by atoms with E-state index in [1.54, 1.807) is 16.2 Å². The van der Waals surface area contributed by atoms with Crippen LogP contribution < -0.4 is 5.32 Å². The van der Waals surface area contributed by atoms with Crippen molar-refractivity contribution in [2.45, 2.75) is 58.7 Å². The highest BCUT2D eigenvalue weighted by Gasteiger charge is 2.26. The van der Waals surface area contributed by atoms with Gasteiger partial charge in [0.15, 0.2) is 0 Å². The number of aromatic nitrogens is 1. The second-order valence-electron chi connectivity index (χ2n) is 6.49. The van der Waals surface area contributed by atoms with Crippen molar-refractivity contribution < 1.29 is 9.53 Å². The predicted octanol–water partition coefficient (Wildman–Crippen LogP) is 2.94. The van der Waals surface area contributed by atoms with Crippen LogP contribution >= 0.6 is 11.3 Å². The molecule has 1 aromatic rings. The fraction of sp³-hybridized carbons (Fsp3) is 0.733. The molecule has 21 heavy (non-hydrogen) atoms. The molecule has 2 heterocycles. The molecular weight excluding hydrogens is 286 g/mol. The van der Waals surface area contributed by atoms with Crippen LogP contribution in [0.2, 0.25) is 0 Å². The highest BCUT2D eigenvalue weighted by atomic mass is 32.1. The fourth-order valence-corrected chi connectivity index (χ4v) is 3.05. The molecule has 2 rings (SSSR count). The number of nitrogens with one attached hydrogen (secondary N) is 1. The maximum absolute atomic E-state index is 12.0. The van der Waals surface area contributed by atoms with Gasteiger partial charge in [0, 0.05) is 36.8 Å². The van der Waals surface area contributed by atoms with E-state index >= 15 is 0 Å². The maximum Gasteiger partial charge on any atom is 0.410 e. The summed E-state index contributed by atoms with van der Waals surface area (Å²) in [6.07, 6.45) is 3.64. The lowest BCUT2D eigenvalue weighted by molar-refractivity contribution is 0.0198. The molecule has 1 aliphatic heterocycles. The normalized spacial score (nSPS) is 17.0. The molecule has 1 fully saturated rings. The minimum absolute atomic E-state index is 0.198. The Morgan fingerprint density at radius 1 is 1.48 bits per heavy atom. The van der Waals surface area contributed by atoms with Gasteiger partial charge in [0.25, 0.3) is 0 Å². The fourth-order valence-electron chi connectivity index (χ4n) is 2.31. The molecule has 0 saturated carbocycles. The first-order chi connectivity index (χ1) is 9.83. The van der Waals surface area contributed by atoms with Crippen LogP contribution in [0.5, 0.6) is 0 Å². The Kier molecular flexibility index (Phi) is 5.22. The van der Waals surface area contributed by atoms with E-state index in [0.29, 0.717) is 6.04 Å². The zero-order chi connectivity index (χ0) is 15.5. The number of carbonyl (C=O) groups excluding carboxylic acids is 1. The molecule has 1 saturated heterocycles. The van der Waals surface area contributed by atoms with Crippen LogP contribution in [0.3, 0.4) is 0 Å². The van der Waals surface area contributed by atoms with Gasteiger partial charge in [0.05, 0.1) is 0 Å². The lowest BCUT2D eigenvalue weighted by Gasteiger charge is -2.33. The second kappa shape index (κ2) is 6.75. The number of nitrogens with zero attached hydrogens (tertiary/aromatic N) is 2. The molecule has 0 radical (unpaired) electrons. The van der Waals surface area contributed by atoms with Crippen molar-refractivity contribution in [3.8, 4) is 0 Å². The summed E-state index contributed by atoms with van der Waals surface area (Å²) in [5, 5.41) is 4.65. The smallest absolute Gasteiger partial charge is 0.410 e. The lowest BCUT2D eigenvalue weighted by atomic mass is 10.1. The van der Waals surface area contributed by atoms with Crippen molar-refractivity contribution in [3.63, 3.8) is 0 Å². The van der Waals surface area contributed by atoms with Crippen LogP contribution in [0.4, 0.5) is 4.79 Å². The van der Waals surface area contributed by atoms with Gasteiger partial charge in [-0.3, -0.25) is 0 Å². The standard InChI is InChI=1S/C15H25N3O2S/c1-11-9-17-13(21-11)10-16-12-5-7-18(8-6-12)14(19)20-15(2,3)4/h9,12,16H,5-8,10H2,1-4H3. The topological polar surface area (TPSA) is 54.5 Å². The summed E-state index contributed by atoms with van der Waals surface area (Å²) in [6, 6.07) is 0.452. The Hall–Kier alpha value is -1.14. The van der Waals surface area contributed by atoms with E-state index in [9.17, 15) is 4.79 Å². The van der Waals surface area contributed by atoms with Gasteiger partial charge in [0.2, 0.25) is 0 Å². The second-order valence-corrected chi connectivity index (χ2v) is 7.81. The zero-order valence-corrected chi connectivity index (χ0v) is 14.1. The average Bonchev–Trinajstić information content (AvgIpc) is 2.81. The summed E-state index contributed by atoms with van der Waals surface area (Å²) in [4.78, 5) is 19.4. The molecule has 0 unspecified atom stereocenters. The van der Waals surface area contributed by atoms with Gasteiger partial charge in [-0.05, 0) is 40.5 Å². The molecule has 0 aliphatic carbocycles. The van der Waals surface area contributed by atoms with E-state index in [0.717, 1.165) is 37.5 Å². The molecule has 6 heteroatoms. The predicted molar refractivity (Wildman–Crippen MR) is 84.5 cm³/mol. The van der Waals surface area contributed by atoms with Crippen molar-refractivity contribution in [1.82, 2.24) is 15.2 Å². The van der Waals surface area contributed by atoms with Crippen LogP contribution in [-0.4, -0.2) is 40.7 Å². The third-order valence-electron chi connectivity index (χ3n) is 3.36. The molecule has 1 aliphatic rings. The van der Waals surface area contributed by atoms with Crippen molar-refractivity contribution in [2.75, 3.05) is 13.1 Å². The van der Waals surface area contributed by atoms with Crippen molar-refractivity contribution in [1.29, 1.82) is 0 Å². The van der Waals surface area contributed by atoms with E-state index in [2.05, 4.69) is 17.2 Å². The van der Waals surface area contributed by atoms with E-state index in [1.165, 1.54) is 4.88 Å². The monoisotopic (exact) mass is 311 g/mol. The largest absolute Gasteiger partial charge is 0.444 e. The number of amides is 1. The van der Waals surface area contributed by atoms with Gasteiger partial charge < -0.3 is 15.0 Å². The van der Waals surface area contributed by atoms with Gasteiger partial charge in [-0.15, -0.1) is 11.3 Å². The summed E-state index contributed by atoms with van der Waals surface area (Å²) >= 11 is 1.73. The summed E-state index contributed by atoms with van der Waals surface area (Å²) in [7, 11) is 0. The summed E-state index contributed by atoms with van der Waals surface area (Å²) in [5.41, 5.74) is -0.422. The SMILES string of the molecule is Cc1cnc(CNC2CCN(C(=O)OC(C)(C)C)CC2)s1. The zero-order valence-electron chi connectivity index (χ0n) is 13.3. The van der Waals surface area contributed by atoms with Gasteiger partial charge in [-0.1, -0.05) is 0 Å². The molecule has 1 aromatic heterocycles. The summed E-state index contributed by atoms with van der Waals surface area (Å²) < 4.78 is 5.40. The molecular formula is C15H25N3O2S. The third-order valence-corrected chi connectivity index (χ3v) is 4.27. The molecule has 0 atom stereocenters. The Balaban J connectivity index is 1.72. The van der Waals surface area contributed by atoms with Crippen LogP contribution in [0.1, 0.15) is 43.5 Å². The number of aryl methyl sites for hydroxylation is 1. The number of piperidine rings is 1. The molecule has 1 N–H and O–H groups in total. The highest BCUT2D eigenvalue weighted by molar-refractivity contribution is 7.11. The number of rotatable bonds is 3. The number of thiazole rings is 1. The first kappa shape index (κ1) is 16.2. The third kappa shape index (κ3) is 5.28. The van der Waals surface area contributed by atoms with E-state index < -0.39 is 5.60 Å². The number of likely N-dealkylation sites (tertiary alicyclic amines) is 1. The molecule has 0 bridgehead atoms. The average molecular weight is 311 g/mol. The Morgan fingerprint density at radius 3 is 2.67 bits per heavy atom. The summed E-state index contributed by atoms with van der Waals surface area (Å²) in [6.45, 7) is 10.1. The van der Waals surface area contributed by atoms with E-state index in [-0.39, 0.29) is 6.09 Å². The Bertz CT molecular complexity index is 474. The van der Waals surface area contributed by atoms with Gasteiger partial charge in [0.1, 0.15) is 10.6 Å². The van der Waals surface area contributed by atoms with E-state index in [1.807, 2.05) is 27.0 Å². The number of ether oxygens (including phenoxy) is 1. The lowest BCUT2D eigenvalue weighted by Crippen LogP contribution is -2.46.